The fraction of sp³-hybridized carbons (Fsp3) is 0.889. The molecule has 0 bridgehead atoms. The maximum absolute atomic E-state index is 12.2. The van der Waals surface area contributed by atoms with Crippen LogP contribution >= 0.6 is 0 Å². The highest BCUT2D eigenvalue weighted by Crippen LogP contribution is 2.05. The zero-order valence-electron chi connectivity index (χ0n) is 16.8. The van der Waals surface area contributed by atoms with Crippen molar-refractivity contribution < 1.29 is 19.8 Å². The van der Waals surface area contributed by atoms with E-state index >= 15 is 0 Å². The van der Waals surface area contributed by atoms with Crippen molar-refractivity contribution in [2.75, 3.05) is 0 Å². The molecule has 0 fully saturated rings. The van der Waals surface area contributed by atoms with Crippen molar-refractivity contribution in [1.29, 1.82) is 0 Å². The average molecular weight is 375 g/mol. The number of aliphatic hydroxyl groups excluding tert-OH is 1. The van der Waals surface area contributed by atoms with E-state index in [1.165, 1.54) is 0 Å². The maximum Gasteiger partial charge on any atom is 0.316 e. The number of hydrogen-bond donors (Lipinski definition) is 6. The molecule has 0 aromatic rings. The molecular formula is C18H38N4O4. The lowest BCUT2D eigenvalue weighted by Crippen LogP contribution is -2.59. The predicted octanol–water partition coefficient (Wildman–Crippen LogP) is 1.31. The van der Waals surface area contributed by atoms with Crippen LogP contribution in [-0.4, -0.2) is 46.8 Å². The zero-order chi connectivity index (χ0) is 20.1. The first-order chi connectivity index (χ1) is 12.3. The second-order valence-corrected chi connectivity index (χ2v) is 6.49. The van der Waals surface area contributed by atoms with Gasteiger partial charge in [-0.1, -0.05) is 41.0 Å². The highest BCUT2D eigenvalue weighted by atomic mass is 16.4. The van der Waals surface area contributed by atoms with E-state index in [9.17, 15) is 14.7 Å². The summed E-state index contributed by atoms with van der Waals surface area (Å²) in [7, 11) is 0. The Morgan fingerprint density at radius 2 is 1.38 bits per heavy atom. The van der Waals surface area contributed by atoms with Crippen LogP contribution in [0.25, 0.3) is 0 Å². The Morgan fingerprint density at radius 1 is 0.808 bits per heavy atom. The summed E-state index contributed by atoms with van der Waals surface area (Å²) in [5.41, 5.74) is 0. The zero-order valence-corrected chi connectivity index (χ0v) is 16.8. The van der Waals surface area contributed by atoms with E-state index in [-0.39, 0.29) is 24.9 Å². The van der Waals surface area contributed by atoms with Crippen molar-refractivity contribution in [3.8, 4) is 0 Å². The summed E-state index contributed by atoms with van der Waals surface area (Å²) in [6.45, 7) is 9.61. The molecule has 0 saturated carbocycles. The number of aliphatic carboxylic acids is 1. The summed E-state index contributed by atoms with van der Waals surface area (Å²) in [6, 6.07) is 0. The van der Waals surface area contributed by atoms with E-state index in [1.54, 1.807) is 6.92 Å². The van der Waals surface area contributed by atoms with Crippen LogP contribution < -0.4 is 21.3 Å². The van der Waals surface area contributed by atoms with Crippen LogP contribution in [0.2, 0.25) is 0 Å². The lowest BCUT2D eigenvalue weighted by Gasteiger charge is -2.31. The molecule has 0 rings (SSSR count). The molecule has 8 heteroatoms. The van der Waals surface area contributed by atoms with Gasteiger partial charge in [-0.25, -0.2) is 0 Å². The minimum absolute atomic E-state index is 0.0528. The summed E-state index contributed by atoms with van der Waals surface area (Å²) in [4.78, 5) is 23.3. The molecule has 26 heavy (non-hydrogen) atoms. The number of rotatable bonds is 15. The van der Waals surface area contributed by atoms with Crippen molar-refractivity contribution in [2.45, 2.75) is 97.9 Å². The molecule has 0 aliphatic rings. The molecular weight excluding hydrogens is 336 g/mol. The highest BCUT2D eigenvalue weighted by molar-refractivity contribution is 5.96. The number of amides is 1. The molecule has 8 nitrogen and oxygen atoms in total. The van der Waals surface area contributed by atoms with Gasteiger partial charge < -0.3 is 15.5 Å². The molecule has 5 atom stereocenters. The Bertz CT molecular complexity index is 409. The Kier molecular flexibility index (Phi) is 13.3. The van der Waals surface area contributed by atoms with E-state index in [0.29, 0.717) is 12.8 Å². The van der Waals surface area contributed by atoms with E-state index in [1.807, 2.05) is 20.8 Å². The lowest BCUT2D eigenvalue weighted by atomic mass is 10.1. The normalized spacial score (nSPS) is 17.2. The Morgan fingerprint density at radius 3 is 1.81 bits per heavy atom. The minimum Gasteiger partial charge on any atom is -0.481 e. The van der Waals surface area contributed by atoms with Crippen molar-refractivity contribution in [3.63, 3.8) is 0 Å². The van der Waals surface area contributed by atoms with Crippen LogP contribution in [-0.2, 0) is 9.59 Å². The molecule has 0 aliphatic carbocycles. The molecule has 6 N–H and O–H groups in total. The van der Waals surface area contributed by atoms with Gasteiger partial charge in [0.2, 0.25) is 5.91 Å². The van der Waals surface area contributed by atoms with Gasteiger partial charge in [-0.15, -0.1) is 0 Å². The van der Waals surface area contributed by atoms with Gasteiger partial charge in [-0.2, -0.15) is 0 Å². The summed E-state index contributed by atoms with van der Waals surface area (Å²) in [5.74, 6) is -2.61. The third kappa shape index (κ3) is 9.47. The monoisotopic (exact) mass is 374 g/mol. The topological polar surface area (TPSA) is 123 Å². The van der Waals surface area contributed by atoms with Crippen LogP contribution in [0, 0.1) is 5.92 Å². The summed E-state index contributed by atoms with van der Waals surface area (Å²) in [5, 5.41) is 31.6. The van der Waals surface area contributed by atoms with Gasteiger partial charge in [-0.05, 0) is 32.1 Å². The number of hydrogen-bond acceptors (Lipinski definition) is 6. The Hall–Kier alpha value is -1.22. The standard InChI is InChI=1S/C18H38N4O4/c1-6-11-15(21-16(23)10-5)20-13(8-3)19-14(9-4)22-17(24)12(7-2)18(25)26/h12-16,19-21,23H,6-11H2,1-5H3,(H,22,24)(H,25,26). The highest BCUT2D eigenvalue weighted by Gasteiger charge is 2.26. The van der Waals surface area contributed by atoms with Crippen molar-refractivity contribution in [1.82, 2.24) is 21.3 Å². The van der Waals surface area contributed by atoms with E-state index in [2.05, 4.69) is 28.2 Å². The fourth-order valence-corrected chi connectivity index (χ4v) is 2.63. The van der Waals surface area contributed by atoms with Crippen LogP contribution in [0.3, 0.4) is 0 Å². The molecule has 1 amide bonds. The molecule has 0 spiro atoms. The Labute approximate surface area is 157 Å². The summed E-state index contributed by atoms with van der Waals surface area (Å²) < 4.78 is 0. The second kappa shape index (κ2) is 13.9. The van der Waals surface area contributed by atoms with Gasteiger partial charge in [0.05, 0.1) is 18.5 Å². The van der Waals surface area contributed by atoms with Crippen LogP contribution in [0.15, 0.2) is 0 Å². The molecule has 0 heterocycles. The van der Waals surface area contributed by atoms with Gasteiger partial charge in [-0.3, -0.25) is 25.5 Å². The lowest BCUT2D eigenvalue weighted by molar-refractivity contribution is -0.147. The van der Waals surface area contributed by atoms with Crippen molar-refractivity contribution in [3.05, 3.63) is 0 Å². The van der Waals surface area contributed by atoms with Gasteiger partial charge in [0.25, 0.3) is 0 Å². The summed E-state index contributed by atoms with van der Waals surface area (Å²) in [6.07, 6.45) is 3.05. The van der Waals surface area contributed by atoms with Crippen LogP contribution in [0.5, 0.6) is 0 Å². The quantitative estimate of drug-likeness (QED) is 0.189. The second-order valence-electron chi connectivity index (χ2n) is 6.49. The van der Waals surface area contributed by atoms with Gasteiger partial charge in [0.15, 0.2) is 0 Å². The molecule has 0 radical (unpaired) electrons. The van der Waals surface area contributed by atoms with Crippen LogP contribution in [0.4, 0.5) is 0 Å². The largest absolute Gasteiger partial charge is 0.481 e. The van der Waals surface area contributed by atoms with Gasteiger partial charge in [0, 0.05) is 0 Å². The molecule has 0 aliphatic heterocycles. The van der Waals surface area contributed by atoms with Crippen LogP contribution in [0.1, 0.15) is 73.1 Å². The molecule has 0 saturated heterocycles. The Balaban J connectivity index is 4.80. The predicted molar refractivity (Wildman–Crippen MR) is 102 cm³/mol. The number of carbonyl (C=O) groups is 2. The number of carbonyl (C=O) groups excluding carboxylic acids is 1. The minimum atomic E-state index is -1.11. The van der Waals surface area contributed by atoms with E-state index in [0.717, 1.165) is 19.3 Å². The fourth-order valence-electron chi connectivity index (χ4n) is 2.63. The first-order valence-electron chi connectivity index (χ1n) is 9.81. The van der Waals surface area contributed by atoms with Crippen molar-refractivity contribution in [2.24, 2.45) is 5.92 Å². The smallest absolute Gasteiger partial charge is 0.316 e. The van der Waals surface area contributed by atoms with Crippen molar-refractivity contribution >= 4 is 11.9 Å². The molecule has 154 valence electrons. The number of nitrogens with one attached hydrogen (secondary N) is 4. The first-order valence-corrected chi connectivity index (χ1v) is 9.81. The number of carboxylic acid groups (broad SMARTS) is 1. The SMILES string of the molecule is CCCC(NC(O)CC)NC(CC)NC(CC)NC(=O)C(CC)C(=O)O. The molecule has 0 aromatic carbocycles. The first kappa shape index (κ1) is 24.8. The number of aliphatic hydroxyl groups is 1. The van der Waals surface area contributed by atoms with E-state index in [4.69, 9.17) is 5.11 Å². The van der Waals surface area contributed by atoms with Gasteiger partial charge >= 0.3 is 5.97 Å². The third-order valence-corrected chi connectivity index (χ3v) is 4.32. The molecule has 5 unspecified atom stereocenters. The number of carboxylic acids is 1. The third-order valence-electron chi connectivity index (χ3n) is 4.32. The van der Waals surface area contributed by atoms with E-state index < -0.39 is 24.0 Å². The average Bonchev–Trinajstić information content (AvgIpc) is 2.60. The maximum atomic E-state index is 12.2. The summed E-state index contributed by atoms with van der Waals surface area (Å²) >= 11 is 0. The molecule has 0 aromatic heterocycles. The van der Waals surface area contributed by atoms with Gasteiger partial charge in [0.1, 0.15) is 12.1 Å².